The second-order valence-electron chi connectivity index (χ2n) is 4.05. The van der Waals surface area contributed by atoms with Gasteiger partial charge in [0.2, 0.25) is 0 Å². The molecular formula is C15H14O4. The summed E-state index contributed by atoms with van der Waals surface area (Å²) in [6.45, 7) is 1.93. The van der Waals surface area contributed by atoms with Gasteiger partial charge in [-0.2, -0.15) is 0 Å². The number of carboxylic acid groups (broad SMARTS) is 1. The molecule has 19 heavy (non-hydrogen) atoms. The number of hydrogen-bond acceptors (Lipinski definition) is 2. The molecule has 0 heterocycles. The van der Waals surface area contributed by atoms with Gasteiger partial charge in [-0.05, 0) is 13.0 Å². The van der Waals surface area contributed by atoms with Crippen molar-refractivity contribution in [1.29, 1.82) is 0 Å². The molecule has 3 N–H and O–H groups in total. The molecule has 0 atom stereocenters. The van der Waals surface area contributed by atoms with Crippen molar-refractivity contribution >= 4 is 11.8 Å². The lowest BCUT2D eigenvalue weighted by Crippen LogP contribution is -2.09. The van der Waals surface area contributed by atoms with Crippen LogP contribution < -0.4 is 0 Å². The molecule has 2 aromatic rings. The van der Waals surface area contributed by atoms with Crippen molar-refractivity contribution in [2.45, 2.75) is 6.92 Å². The largest absolute Gasteiger partial charge is 0.478 e. The van der Waals surface area contributed by atoms with E-state index in [2.05, 4.69) is 0 Å². The number of rotatable bonds is 3. The monoisotopic (exact) mass is 258 g/mol. The Bertz CT molecular complexity index is 600. The molecule has 0 saturated heterocycles. The molecule has 0 fully saturated rings. The molecule has 0 aliphatic rings. The van der Waals surface area contributed by atoms with Gasteiger partial charge in [0.15, 0.2) is 5.78 Å². The highest BCUT2D eigenvalue weighted by Gasteiger charge is 2.16. The molecule has 0 unspecified atom stereocenters. The molecule has 0 spiro atoms. The van der Waals surface area contributed by atoms with Gasteiger partial charge < -0.3 is 10.6 Å². The van der Waals surface area contributed by atoms with E-state index in [1.807, 2.05) is 19.1 Å². The van der Waals surface area contributed by atoms with E-state index >= 15 is 0 Å². The Morgan fingerprint density at radius 2 is 1.42 bits per heavy atom. The Hall–Kier alpha value is -2.46. The highest BCUT2D eigenvalue weighted by Crippen LogP contribution is 2.15. The summed E-state index contributed by atoms with van der Waals surface area (Å²) < 4.78 is 0. The molecule has 2 aromatic carbocycles. The number of aromatic carboxylic acids is 1. The summed E-state index contributed by atoms with van der Waals surface area (Å²) in [4.78, 5) is 23.3. The SMILES string of the molecule is Cc1ccc(C(=O)c2ccccc2C(=O)O)cc1.O. The van der Waals surface area contributed by atoms with Crippen molar-refractivity contribution in [2.75, 3.05) is 0 Å². The Kier molecular flexibility index (Phi) is 4.56. The lowest BCUT2D eigenvalue weighted by Gasteiger charge is -2.05. The van der Waals surface area contributed by atoms with Crippen LogP contribution in [-0.2, 0) is 0 Å². The molecule has 4 nitrogen and oxygen atoms in total. The Morgan fingerprint density at radius 1 is 0.895 bits per heavy atom. The number of carboxylic acids is 1. The zero-order valence-electron chi connectivity index (χ0n) is 10.4. The quantitative estimate of drug-likeness (QED) is 0.855. The van der Waals surface area contributed by atoms with E-state index in [1.54, 1.807) is 24.3 Å². The molecule has 0 aliphatic heterocycles. The zero-order valence-corrected chi connectivity index (χ0v) is 10.4. The van der Waals surface area contributed by atoms with Crippen LogP contribution in [0.25, 0.3) is 0 Å². The highest BCUT2D eigenvalue weighted by atomic mass is 16.4. The predicted molar refractivity (Wildman–Crippen MR) is 71.6 cm³/mol. The highest BCUT2D eigenvalue weighted by molar-refractivity contribution is 6.14. The summed E-state index contributed by atoms with van der Waals surface area (Å²) in [6.07, 6.45) is 0. The average Bonchev–Trinajstić information content (AvgIpc) is 2.39. The van der Waals surface area contributed by atoms with Gasteiger partial charge in [0.25, 0.3) is 0 Å². The van der Waals surface area contributed by atoms with Crippen molar-refractivity contribution in [3.05, 3.63) is 70.8 Å². The van der Waals surface area contributed by atoms with Gasteiger partial charge in [0.05, 0.1) is 5.56 Å². The normalized spacial score (nSPS) is 9.53. The minimum absolute atomic E-state index is 0. The first-order chi connectivity index (χ1) is 8.59. The molecule has 0 bridgehead atoms. The fourth-order valence-electron chi connectivity index (χ4n) is 1.73. The van der Waals surface area contributed by atoms with Crippen LogP contribution >= 0.6 is 0 Å². The molecule has 0 amide bonds. The topological polar surface area (TPSA) is 85.9 Å². The van der Waals surface area contributed by atoms with E-state index in [-0.39, 0.29) is 22.4 Å². The summed E-state index contributed by atoms with van der Waals surface area (Å²) in [5, 5.41) is 9.05. The van der Waals surface area contributed by atoms with Crippen LogP contribution in [0.3, 0.4) is 0 Å². The van der Waals surface area contributed by atoms with Gasteiger partial charge in [-0.1, -0.05) is 48.0 Å². The Morgan fingerprint density at radius 3 is 1.95 bits per heavy atom. The number of ketones is 1. The summed E-state index contributed by atoms with van der Waals surface area (Å²) in [5.74, 6) is -1.36. The first-order valence-electron chi connectivity index (χ1n) is 5.53. The van der Waals surface area contributed by atoms with Crippen LogP contribution in [0.1, 0.15) is 31.8 Å². The standard InChI is InChI=1S/C15H12O3.H2O/c1-10-6-8-11(9-7-10)14(16)12-4-2-3-5-13(12)15(17)18;/h2-9H,1H3,(H,17,18);1H2. The first kappa shape index (κ1) is 14.6. The third-order valence-corrected chi connectivity index (χ3v) is 2.72. The van der Waals surface area contributed by atoms with E-state index in [0.29, 0.717) is 5.56 Å². The van der Waals surface area contributed by atoms with E-state index in [9.17, 15) is 9.59 Å². The second kappa shape index (κ2) is 5.93. The molecule has 0 saturated carbocycles. The van der Waals surface area contributed by atoms with Gasteiger partial charge in [0.1, 0.15) is 0 Å². The van der Waals surface area contributed by atoms with Crippen LogP contribution in [-0.4, -0.2) is 22.3 Å². The predicted octanol–water partition coefficient (Wildman–Crippen LogP) is 2.10. The van der Waals surface area contributed by atoms with Gasteiger partial charge in [-0.15, -0.1) is 0 Å². The summed E-state index contributed by atoms with van der Waals surface area (Å²) in [5.41, 5.74) is 1.80. The Balaban J connectivity index is 0.00000180. The minimum Gasteiger partial charge on any atom is -0.478 e. The van der Waals surface area contributed by atoms with Gasteiger partial charge in [-0.3, -0.25) is 4.79 Å². The van der Waals surface area contributed by atoms with Crippen molar-refractivity contribution < 1.29 is 20.2 Å². The van der Waals surface area contributed by atoms with E-state index < -0.39 is 5.97 Å². The smallest absolute Gasteiger partial charge is 0.336 e. The summed E-state index contributed by atoms with van der Waals surface area (Å²) in [6, 6.07) is 13.3. The second-order valence-corrected chi connectivity index (χ2v) is 4.05. The van der Waals surface area contributed by atoms with E-state index in [1.165, 1.54) is 12.1 Å². The maximum atomic E-state index is 12.2. The number of aryl methyl sites for hydroxylation is 1. The van der Waals surface area contributed by atoms with Crippen molar-refractivity contribution in [3.8, 4) is 0 Å². The molecule has 98 valence electrons. The van der Waals surface area contributed by atoms with Gasteiger partial charge in [0, 0.05) is 11.1 Å². The number of hydrogen-bond donors (Lipinski definition) is 1. The van der Waals surface area contributed by atoms with Gasteiger partial charge >= 0.3 is 5.97 Å². The van der Waals surface area contributed by atoms with E-state index in [0.717, 1.165) is 5.56 Å². The van der Waals surface area contributed by atoms with Crippen LogP contribution in [0.4, 0.5) is 0 Å². The maximum absolute atomic E-state index is 12.2. The third-order valence-electron chi connectivity index (χ3n) is 2.72. The number of carbonyl (C=O) groups excluding carboxylic acids is 1. The summed E-state index contributed by atoms with van der Waals surface area (Å²) >= 11 is 0. The third kappa shape index (κ3) is 3.05. The van der Waals surface area contributed by atoms with E-state index in [4.69, 9.17) is 5.11 Å². The first-order valence-corrected chi connectivity index (χ1v) is 5.53. The Labute approximate surface area is 110 Å². The lowest BCUT2D eigenvalue weighted by atomic mass is 9.98. The van der Waals surface area contributed by atoms with Crippen molar-refractivity contribution in [1.82, 2.24) is 0 Å². The zero-order chi connectivity index (χ0) is 13.1. The molecule has 0 radical (unpaired) electrons. The molecular weight excluding hydrogens is 244 g/mol. The van der Waals surface area contributed by atoms with Crippen LogP contribution in [0.2, 0.25) is 0 Å². The van der Waals surface area contributed by atoms with Crippen LogP contribution in [0.5, 0.6) is 0 Å². The van der Waals surface area contributed by atoms with Crippen molar-refractivity contribution in [2.24, 2.45) is 0 Å². The molecule has 0 aliphatic carbocycles. The molecule has 0 aromatic heterocycles. The average molecular weight is 258 g/mol. The summed E-state index contributed by atoms with van der Waals surface area (Å²) in [7, 11) is 0. The minimum atomic E-state index is -1.09. The van der Waals surface area contributed by atoms with Crippen LogP contribution in [0, 0.1) is 6.92 Å². The maximum Gasteiger partial charge on any atom is 0.336 e. The van der Waals surface area contributed by atoms with Crippen molar-refractivity contribution in [3.63, 3.8) is 0 Å². The fraction of sp³-hybridized carbons (Fsp3) is 0.0667. The molecule has 4 heteroatoms. The van der Waals surface area contributed by atoms with Gasteiger partial charge in [-0.25, -0.2) is 4.79 Å². The van der Waals surface area contributed by atoms with Crippen LogP contribution in [0.15, 0.2) is 48.5 Å². The lowest BCUT2D eigenvalue weighted by molar-refractivity contribution is 0.0693. The number of carbonyl (C=O) groups is 2. The molecule has 2 rings (SSSR count). The number of benzene rings is 2. The fourth-order valence-corrected chi connectivity index (χ4v) is 1.73.